The molecule has 1 aliphatic rings. The van der Waals surface area contributed by atoms with E-state index in [1.54, 1.807) is 17.0 Å². The summed E-state index contributed by atoms with van der Waals surface area (Å²) in [4.78, 5) is 42.8. The van der Waals surface area contributed by atoms with Crippen molar-refractivity contribution in [2.75, 3.05) is 33.3 Å². The van der Waals surface area contributed by atoms with Crippen LogP contribution in [0.25, 0.3) is 0 Å². The van der Waals surface area contributed by atoms with Gasteiger partial charge in [-0.25, -0.2) is 4.79 Å². The molecule has 1 aromatic carbocycles. The number of hydrogen-bond donors (Lipinski definition) is 0. The molecule has 8 heteroatoms. The molecule has 1 saturated heterocycles. The fourth-order valence-corrected chi connectivity index (χ4v) is 4.53. The lowest BCUT2D eigenvalue weighted by atomic mass is 10.0. The summed E-state index contributed by atoms with van der Waals surface area (Å²) in [5, 5.41) is 0.602. The Morgan fingerprint density at radius 1 is 1.03 bits per heavy atom. The van der Waals surface area contributed by atoms with E-state index in [-0.39, 0.29) is 30.5 Å². The van der Waals surface area contributed by atoms with Crippen LogP contribution in [0.5, 0.6) is 0 Å². The molecule has 0 saturated carbocycles. The largest absolute Gasteiger partial charge is 0.468 e. The predicted octanol–water partition coefficient (Wildman–Crippen LogP) is 3.73. The smallest absolute Gasteiger partial charge is 0.327 e. The summed E-state index contributed by atoms with van der Waals surface area (Å²) in [7, 11) is 1.37. The van der Waals surface area contributed by atoms with Gasteiger partial charge in [0.05, 0.1) is 12.0 Å². The number of piperazine rings is 1. The molecular formula is C22H25ClN2O4S. The molecule has 1 aliphatic heterocycles. The summed E-state index contributed by atoms with van der Waals surface area (Å²) in [5.74, 6) is -0.361. The maximum absolute atomic E-state index is 12.6. The van der Waals surface area contributed by atoms with Crippen LogP contribution in [0.1, 0.15) is 39.0 Å². The number of ether oxygens (including phenoxy) is 1. The van der Waals surface area contributed by atoms with Gasteiger partial charge in [-0.05, 0) is 36.8 Å². The lowest BCUT2D eigenvalue weighted by Gasteiger charge is -2.38. The molecule has 30 heavy (non-hydrogen) atoms. The summed E-state index contributed by atoms with van der Waals surface area (Å²) < 4.78 is 5.00. The predicted molar refractivity (Wildman–Crippen MR) is 117 cm³/mol. The maximum atomic E-state index is 12.6. The van der Waals surface area contributed by atoms with Crippen molar-refractivity contribution in [3.05, 3.63) is 56.7 Å². The van der Waals surface area contributed by atoms with E-state index in [9.17, 15) is 14.4 Å². The third-order valence-electron chi connectivity index (χ3n) is 5.22. The fraction of sp³-hybridized carbons (Fsp3) is 0.409. The number of benzene rings is 1. The van der Waals surface area contributed by atoms with Gasteiger partial charge < -0.3 is 9.64 Å². The lowest BCUT2D eigenvalue weighted by molar-refractivity contribution is -0.148. The van der Waals surface area contributed by atoms with E-state index in [0.29, 0.717) is 36.1 Å². The molecule has 1 aromatic heterocycles. The zero-order valence-electron chi connectivity index (χ0n) is 17.1. The highest BCUT2D eigenvalue weighted by Crippen LogP contribution is 2.25. The first-order valence-electron chi connectivity index (χ1n) is 9.84. The van der Waals surface area contributed by atoms with Gasteiger partial charge in [0.1, 0.15) is 6.04 Å². The minimum atomic E-state index is -0.534. The van der Waals surface area contributed by atoms with Gasteiger partial charge in [-0.15, -0.1) is 11.3 Å². The van der Waals surface area contributed by atoms with E-state index in [4.69, 9.17) is 16.3 Å². The van der Waals surface area contributed by atoms with Gasteiger partial charge in [0.2, 0.25) is 5.91 Å². The summed E-state index contributed by atoms with van der Waals surface area (Å²) >= 11 is 7.42. The highest BCUT2D eigenvalue weighted by atomic mass is 35.5. The first-order chi connectivity index (χ1) is 14.4. The molecule has 1 atom stereocenters. The zero-order chi connectivity index (χ0) is 21.7. The molecule has 1 unspecified atom stereocenters. The van der Waals surface area contributed by atoms with Gasteiger partial charge in [-0.3, -0.25) is 14.5 Å². The van der Waals surface area contributed by atoms with Crippen molar-refractivity contribution in [3.8, 4) is 0 Å². The number of amides is 1. The van der Waals surface area contributed by atoms with E-state index in [2.05, 4.69) is 0 Å². The molecule has 1 fully saturated rings. The number of hydrogen-bond acceptors (Lipinski definition) is 6. The molecule has 1 amide bonds. The topological polar surface area (TPSA) is 66.9 Å². The van der Waals surface area contributed by atoms with Crippen molar-refractivity contribution < 1.29 is 19.1 Å². The Bertz CT molecular complexity index is 904. The highest BCUT2D eigenvalue weighted by molar-refractivity contribution is 7.14. The van der Waals surface area contributed by atoms with Gasteiger partial charge in [-0.2, -0.15) is 0 Å². The summed E-state index contributed by atoms with van der Waals surface area (Å²) in [6.45, 7) is 4.06. The number of Topliss-reactive ketones (excluding diaryl/α,β-unsaturated/α-hetero) is 1. The van der Waals surface area contributed by atoms with Gasteiger partial charge >= 0.3 is 5.97 Å². The summed E-state index contributed by atoms with van der Waals surface area (Å²) in [6, 6.07) is 10.3. The average molecular weight is 449 g/mol. The number of aryl methyl sites for hydroxylation is 1. The third-order valence-corrected chi connectivity index (χ3v) is 6.52. The quantitative estimate of drug-likeness (QED) is 0.477. The number of rotatable bonds is 7. The monoisotopic (exact) mass is 448 g/mol. The average Bonchev–Trinajstić information content (AvgIpc) is 3.20. The van der Waals surface area contributed by atoms with E-state index in [1.165, 1.54) is 18.4 Å². The van der Waals surface area contributed by atoms with Gasteiger partial charge in [0.25, 0.3) is 0 Å². The Balaban J connectivity index is 1.55. The Morgan fingerprint density at radius 2 is 1.70 bits per heavy atom. The first-order valence-corrected chi connectivity index (χ1v) is 11.0. The van der Waals surface area contributed by atoms with Crippen molar-refractivity contribution in [2.45, 2.75) is 25.8 Å². The molecule has 0 N–H and O–H groups in total. The van der Waals surface area contributed by atoms with Crippen molar-refractivity contribution in [3.63, 3.8) is 0 Å². The second-order valence-corrected chi connectivity index (χ2v) is 8.95. The van der Waals surface area contributed by atoms with Gasteiger partial charge in [-0.1, -0.05) is 23.7 Å². The summed E-state index contributed by atoms with van der Waals surface area (Å²) in [5.41, 5.74) is 0.808. The van der Waals surface area contributed by atoms with Crippen LogP contribution in [0.3, 0.4) is 0 Å². The molecule has 2 heterocycles. The minimum absolute atomic E-state index is 0.00794. The molecular weight excluding hydrogens is 424 g/mol. The summed E-state index contributed by atoms with van der Waals surface area (Å²) in [6.07, 6.45) is 0.419. The van der Waals surface area contributed by atoms with Crippen molar-refractivity contribution in [2.24, 2.45) is 0 Å². The van der Waals surface area contributed by atoms with E-state index in [1.807, 2.05) is 36.1 Å². The maximum Gasteiger partial charge on any atom is 0.327 e. The number of carbonyl (C=O) groups is 3. The zero-order valence-corrected chi connectivity index (χ0v) is 18.7. The standard InChI is InChI=1S/C22H25ClN2O4S/c1-15-3-9-19(30-15)18(26)8-10-20(27)24-11-13-25(14-12-24)21(22(28)29-2)16-4-6-17(23)7-5-16/h3-7,9,21H,8,10-14H2,1-2H3. The number of thiophene rings is 1. The number of esters is 1. The molecule has 2 aromatic rings. The molecule has 0 bridgehead atoms. The van der Waals surface area contributed by atoms with Crippen LogP contribution < -0.4 is 0 Å². The lowest BCUT2D eigenvalue weighted by Crippen LogP contribution is -2.51. The normalized spacial score (nSPS) is 15.6. The van der Waals surface area contributed by atoms with Gasteiger partial charge in [0.15, 0.2) is 5.78 Å². The van der Waals surface area contributed by atoms with Crippen LogP contribution in [0.4, 0.5) is 0 Å². The van der Waals surface area contributed by atoms with E-state index >= 15 is 0 Å². The van der Waals surface area contributed by atoms with Crippen LogP contribution in [0, 0.1) is 6.92 Å². The van der Waals surface area contributed by atoms with E-state index in [0.717, 1.165) is 10.4 Å². The second kappa shape index (κ2) is 10.2. The van der Waals surface area contributed by atoms with Crippen LogP contribution in [-0.4, -0.2) is 60.7 Å². The number of carbonyl (C=O) groups excluding carboxylic acids is 3. The molecule has 6 nitrogen and oxygen atoms in total. The molecule has 0 spiro atoms. The number of ketones is 1. The second-order valence-electron chi connectivity index (χ2n) is 7.23. The van der Waals surface area contributed by atoms with Gasteiger partial charge in [0, 0.05) is 48.9 Å². The van der Waals surface area contributed by atoms with Crippen LogP contribution in [0.2, 0.25) is 5.02 Å². The number of halogens is 1. The van der Waals surface area contributed by atoms with Crippen molar-refractivity contribution >= 4 is 40.6 Å². The highest BCUT2D eigenvalue weighted by Gasteiger charge is 2.32. The molecule has 3 rings (SSSR count). The molecule has 0 aliphatic carbocycles. The fourth-order valence-electron chi connectivity index (χ4n) is 3.57. The Morgan fingerprint density at radius 3 is 2.27 bits per heavy atom. The Hall–Kier alpha value is -2.22. The van der Waals surface area contributed by atoms with E-state index < -0.39 is 6.04 Å². The SMILES string of the molecule is COC(=O)C(c1ccc(Cl)cc1)N1CCN(C(=O)CCC(=O)c2ccc(C)s2)CC1. The van der Waals surface area contributed by atoms with Crippen LogP contribution >= 0.6 is 22.9 Å². The first kappa shape index (κ1) is 22.5. The minimum Gasteiger partial charge on any atom is -0.468 e. The van der Waals surface area contributed by atoms with Crippen molar-refractivity contribution in [1.82, 2.24) is 9.80 Å². The van der Waals surface area contributed by atoms with Crippen molar-refractivity contribution in [1.29, 1.82) is 0 Å². The Kier molecular flexibility index (Phi) is 7.64. The Labute approximate surface area is 185 Å². The molecule has 0 radical (unpaired) electrons. The van der Waals surface area contributed by atoms with Crippen LogP contribution in [0.15, 0.2) is 36.4 Å². The number of nitrogens with zero attached hydrogens (tertiary/aromatic N) is 2. The van der Waals surface area contributed by atoms with Crippen LogP contribution in [-0.2, 0) is 14.3 Å². The molecule has 160 valence electrons. The number of methoxy groups -OCH3 is 1. The third kappa shape index (κ3) is 5.47.